The number of aliphatic carboxylic acids is 2. The van der Waals surface area contributed by atoms with E-state index in [4.69, 9.17) is 0 Å². The third kappa shape index (κ3) is 8.56. The van der Waals surface area contributed by atoms with E-state index >= 15 is 0 Å². The quantitative estimate of drug-likeness (QED) is 0.205. The standard InChI is InChI=1S/C8H10O9.Pb.U/c9-4(10)1-8(16,7(14)15)2-6(13)17-3-5(11)12;;/h16H,1-3H2,(H,9,10)(H,11,12)(H,14,15);;/q;+2;+1/p-3. The molecule has 11 heteroatoms. The summed E-state index contributed by atoms with van der Waals surface area (Å²) in [5.74, 6) is -6.14. The van der Waals surface area contributed by atoms with Crippen LogP contribution in [0, 0.1) is 29.9 Å². The number of carbonyl (C=O) groups is 4. The Morgan fingerprint density at radius 2 is 1.63 bits per heavy atom. The molecule has 1 atom stereocenters. The number of carboxylic acid groups (broad SMARTS) is 2. The maximum atomic E-state index is 11.1. The summed E-state index contributed by atoms with van der Waals surface area (Å²) >= 11 is -0.109. The van der Waals surface area contributed by atoms with Crippen molar-refractivity contribution < 1.29 is 71.4 Å². The maximum absolute atomic E-state index is 11.1. The second kappa shape index (κ2) is 9.68. The molecule has 0 heterocycles. The molecule has 0 rings (SSSR count). The molecule has 0 aromatic carbocycles. The minimum absolute atomic E-state index is 0. The number of hydrogen-bond acceptors (Lipinski definition) is 9. The number of hydrogen-bond donors (Lipinski definition) is 1. The number of rotatable bonds is 7. The van der Waals surface area contributed by atoms with E-state index in [1.54, 1.807) is 0 Å². The first kappa shape index (κ1) is 21.1. The van der Waals surface area contributed by atoms with Gasteiger partial charge in [0.15, 0.2) is 0 Å². The Labute approximate surface area is 146 Å². The molecule has 0 aliphatic carbocycles. The molecule has 0 aliphatic rings. The molecule has 1 unspecified atom stereocenters. The summed E-state index contributed by atoms with van der Waals surface area (Å²) in [7, 11) is 0. The fourth-order valence-corrected chi connectivity index (χ4v) is 1.15. The van der Waals surface area contributed by atoms with Crippen molar-refractivity contribution in [3.63, 3.8) is 0 Å². The van der Waals surface area contributed by atoms with Gasteiger partial charge in [0.25, 0.3) is 0 Å². The summed E-state index contributed by atoms with van der Waals surface area (Å²) in [6, 6.07) is 0. The van der Waals surface area contributed by atoms with Gasteiger partial charge in [0.2, 0.25) is 0 Å². The Balaban J connectivity index is 0. The van der Waals surface area contributed by atoms with Crippen LogP contribution in [-0.4, -0.2) is 68.5 Å². The van der Waals surface area contributed by atoms with Crippen LogP contribution in [0.3, 0.4) is 0 Å². The average molecular weight is 692 g/mol. The summed E-state index contributed by atoms with van der Waals surface area (Å²) in [6.45, 7) is -0.746. The molecule has 19 heavy (non-hydrogen) atoms. The molecule has 9 nitrogen and oxygen atoms in total. The maximum Gasteiger partial charge on any atom is 2.00 e. The fraction of sp³-hybridized carbons (Fsp3) is 0.500. The minimum Gasteiger partial charge on any atom is 2.00 e. The van der Waals surface area contributed by atoms with Gasteiger partial charge in [-0.05, 0) is 0 Å². The van der Waals surface area contributed by atoms with Gasteiger partial charge in [-0.2, -0.15) is 0 Å². The number of carbonyl (C=O) groups excluding carboxylic acids is 4. The monoisotopic (exact) mass is 693 g/mol. The van der Waals surface area contributed by atoms with Gasteiger partial charge < -0.3 is 0 Å². The van der Waals surface area contributed by atoms with Crippen molar-refractivity contribution in [3.05, 3.63) is 0 Å². The number of aliphatic hydroxyl groups is 1. The number of esters is 1. The molecule has 0 saturated carbocycles. The van der Waals surface area contributed by atoms with E-state index in [1.165, 1.54) is 0 Å². The summed E-state index contributed by atoms with van der Waals surface area (Å²) < 4.78 is 8.57. The molecule has 2 radical (unpaired) electrons. The topological polar surface area (TPSA) is 153 Å². The fourth-order valence-electron chi connectivity index (χ4n) is 0.904. The predicted octanol–water partition coefficient (Wildman–Crippen LogP) is -4.83. The van der Waals surface area contributed by atoms with Crippen LogP contribution in [0.2, 0.25) is 0 Å². The van der Waals surface area contributed by atoms with Crippen LogP contribution in [0.4, 0.5) is 0 Å². The largest absolute Gasteiger partial charge is 2.00 e. The summed E-state index contributed by atoms with van der Waals surface area (Å²) in [5.41, 5.74) is -2.94. The molecule has 1 N–H and O–H groups in total. The van der Waals surface area contributed by atoms with Gasteiger partial charge in [0, 0.05) is 0 Å². The van der Waals surface area contributed by atoms with E-state index in [0.29, 0.717) is 0 Å². The van der Waals surface area contributed by atoms with Crippen molar-refractivity contribution in [2.75, 3.05) is 6.61 Å². The zero-order chi connectivity index (χ0) is 14.3. The molecule has 0 aliphatic heterocycles. The van der Waals surface area contributed by atoms with E-state index < -0.39 is 48.9 Å². The molecule has 0 fully saturated rings. The smallest absolute Gasteiger partial charge is 2.00 e. The van der Waals surface area contributed by atoms with Gasteiger partial charge in [0.05, 0.1) is 0 Å². The van der Waals surface area contributed by atoms with E-state index in [2.05, 4.69) is 6.98 Å². The van der Waals surface area contributed by atoms with Crippen LogP contribution in [0.25, 0.3) is 0 Å². The Hall–Kier alpha value is -0.186. The number of ether oxygens (including phenoxy) is 1. The van der Waals surface area contributed by atoms with E-state index in [0.717, 1.165) is 0 Å². The second-order valence-electron chi connectivity index (χ2n) is 3.18. The predicted molar refractivity (Wildman–Crippen MR) is 47.0 cm³/mol. The van der Waals surface area contributed by atoms with E-state index in [1.807, 2.05) is 0 Å². The zero-order valence-electron chi connectivity index (χ0n) is 9.33. The van der Waals surface area contributed by atoms with Crippen LogP contribution in [0.5, 0.6) is 0 Å². The van der Waals surface area contributed by atoms with Crippen molar-refractivity contribution in [2.24, 2.45) is 0 Å². The molecule has 0 spiro atoms. The van der Waals surface area contributed by atoms with Crippen molar-refractivity contribution in [1.29, 1.82) is 0 Å². The third-order valence-electron chi connectivity index (χ3n) is 1.72. The summed E-state index contributed by atoms with van der Waals surface area (Å²) in [5, 5.41) is 30.1. The SMILES string of the molecule is O=C([O-])CC(O)(CC(=O)OCC(=O)[O][U])C(=O)[O-].[Pb+2]. The van der Waals surface area contributed by atoms with Gasteiger partial charge in [-0.3, -0.25) is 0 Å². The first-order chi connectivity index (χ1) is 8.21. The summed E-state index contributed by atoms with van der Waals surface area (Å²) in [6.07, 6.45) is -2.52. The first-order valence-corrected chi connectivity index (χ1v) is 6.07. The molecule has 0 amide bonds. The molecule has 0 bridgehead atoms. The summed E-state index contributed by atoms with van der Waals surface area (Å²) in [4.78, 5) is 42.5. The van der Waals surface area contributed by atoms with Crippen molar-refractivity contribution in [3.8, 4) is 0 Å². The van der Waals surface area contributed by atoms with Crippen LogP contribution >= 0.6 is 0 Å². The zero-order valence-corrected chi connectivity index (χ0v) is 17.4. The van der Waals surface area contributed by atoms with Crippen LogP contribution in [0.1, 0.15) is 12.8 Å². The molecular weight excluding hydrogens is 685 g/mol. The Morgan fingerprint density at radius 1 is 1.11 bits per heavy atom. The second-order valence-corrected chi connectivity index (χ2v) is 4.03. The average Bonchev–Trinajstić information content (AvgIpc) is 2.24. The van der Waals surface area contributed by atoms with E-state index in [9.17, 15) is 34.5 Å². The van der Waals surface area contributed by atoms with Gasteiger partial charge in [0.1, 0.15) is 0 Å². The molecule has 101 valence electrons. The Bertz CT molecular complexity index is 371. The molecule has 0 aromatic rings. The Kier molecular flexibility index (Phi) is 10.8. The molecule has 0 saturated heterocycles. The first-order valence-electron chi connectivity index (χ1n) is 4.37. The van der Waals surface area contributed by atoms with E-state index in [-0.39, 0.29) is 57.2 Å². The normalized spacial score (nSPS) is 12.6. The van der Waals surface area contributed by atoms with Crippen molar-refractivity contribution in [1.82, 2.24) is 0 Å². The van der Waals surface area contributed by atoms with Crippen molar-refractivity contribution in [2.45, 2.75) is 18.4 Å². The van der Waals surface area contributed by atoms with Gasteiger partial charge >= 0.3 is 148 Å². The molecule has 0 aromatic heterocycles. The molecular formula is C8H7O9PbU. The Morgan fingerprint density at radius 3 is 2.00 bits per heavy atom. The van der Waals surface area contributed by atoms with Crippen molar-refractivity contribution >= 4 is 51.2 Å². The van der Waals surface area contributed by atoms with Crippen LogP contribution in [-0.2, 0) is 26.2 Å². The number of carboxylic acids is 2. The minimum atomic E-state index is -2.94. The van der Waals surface area contributed by atoms with Gasteiger partial charge in [-0.25, -0.2) is 0 Å². The van der Waals surface area contributed by atoms with Crippen LogP contribution in [0.15, 0.2) is 0 Å². The third-order valence-corrected chi connectivity index (χ3v) is 2.67. The van der Waals surface area contributed by atoms with Crippen LogP contribution < -0.4 is 10.2 Å². The van der Waals surface area contributed by atoms with Gasteiger partial charge in [-0.15, -0.1) is 0 Å². The van der Waals surface area contributed by atoms with Gasteiger partial charge in [-0.1, -0.05) is 0 Å².